The first-order valence-electron chi connectivity index (χ1n) is 10.1. The van der Waals surface area contributed by atoms with Crippen LogP contribution in [0.3, 0.4) is 0 Å². The Balaban J connectivity index is 1.43. The van der Waals surface area contributed by atoms with Gasteiger partial charge >= 0.3 is 0 Å². The largest absolute Gasteiger partial charge is 0.487 e. The molecule has 1 unspecified atom stereocenters. The second-order valence-electron chi connectivity index (χ2n) is 8.07. The summed E-state index contributed by atoms with van der Waals surface area (Å²) in [6, 6.07) is 8.10. The van der Waals surface area contributed by atoms with Crippen molar-refractivity contribution in [3.8, 4) is 5.75 Å². The van der Waals surface area contributed by atoms with Gasteiger partial charge in [-0.2, -0.15) is 5.10 Å². The SMILES string of the molecule is O=C(NC1CC2(CCCCC2)Oc2ccccc21)c1n[nH]c2c1CCNC2. The van der Waals surface area contributed by atoms with E-state index in [0.717, 1.165) is 61.3 Å². The van der Waals surface area contributed by atoms with Crippen LogP contribution < -0.4 is 15.4 Å². The first-order valence-corrected chi connectivity index (χ1v) is 10.1. The highest BCUT2D eigenvalue weighted by Gasteiger charge is 2.42. The van der Waals surface area contributed by atoms with E-state index in [1.54, 1.807) is 0 Å². The number of carbonyl (C=O) groups excluding carboxylic acids is 1. The fourth-order valence-electron chi connectivity index (χ4n) is 4.91. The van der Waals surface area contributed by atoms with Gasteiger partial charge in [0.1, 0.15) is 11.4 Å². The predicted molar refractivity (Wildman–Crippen MR) is 102 cm³/mol. The Kier molecular flexibility index (Phi) is 4.16. The Morgan fingerprint density at radius 3 is 2.96 bits per heavy atom. The van der Waals surface area contributed by atoms with Crippen LogP contribution in [0.1, 0.15) is 71.9 Å². The molecular formula is C21H26N4O2. The molecule has 0 radical (unpaired) electrons. The Labute approximate surface area is 159 Å². The molecule has 1 saturated carbocycles. The van der Waals surface area contributed by atoms with Gasteiger partial charge in [-0.25, -0.2) is 0 Å². The molecule has 3 N–H and O–H groups in total. The van der Waals surface area contributed by atoms with Crippen molar-refractivity contribution < 1.29 is 9.53 Å². The van der Waals surface area contributed by atoms with E-state index in [1.165, 1.54) is 19.3 Å². The van der Waals surface area contributed by atoms with Crippen molar-refractivity contribution in [2.45, 2.75) is 63.1 Å². The van der Waals surface area contributed by atoms with Crippen LogP contribution >= 0.6 is 0 Å². The summed E-state index contributed by atoms with van der Waals surface area (Å²) in [5.41, 5.74) is 3.57. The fraction of sp³-hybridized carbons (Fsp3) is 0.524. The third-order valence-electron chi connectivity index (χ3n) is 6.29. The molecule has 5 rings (SSSR count). The molecule has 1 amide bonds. The summed E-state index contributed by atoms with van der Waals surface area (Å²) < 4.78 is 6.47. The van der Waals surface area contributed by atoms with Gasteiger partial charge in [-0.05, 0) is 44.7 Å². The van der Waals surface area contributed by atoms with Crippen LogP contribution in [-0.4, -0.2) is 28.3 Å². The van der Waals surface area contributed by atoms with Crippen molar-refractivity contribution in [3.05, 3.63) is 46.8 Å². The number of aromatic nitrogens is 2. The van der Waals surface area contributed by atoms with Crippen molar-refractivity contribution in [2.24, 2.45) is 0 Å². The lowest BCUT2D eigenvalue weighted by molar-refractivity contribution is -0.00212. The number of rotatable bonds is 2. The number of carbonyl (C=O) groups is 1. The van der Waals surface area contributed by atoms with Gasteiger partial charge in [0.25, 0.3) is 5.91 Å². The molecule has 142 valence electrons. The zero-order valence-electron chi connectivity index (χ0n) is 15.5. The van der Waals surface area contributed by atoms with Crippen molar-refractivity contribution in [1.29, 1.82) is 0 Å². The number of hydrogen-bond donors (Lipinski definition) is 3. The number of aromatic amines is 1. The summed E-state index contributed by atoms with van der Waals surface area (Å²) in [5, 5.41) is 13.9. The molecule has 1 aromatic carbocycles. The van der Waals surface area contributed by atoms with Crippen LogP contribution in [0.15, 0.2) is 24.3 Å². The number of H-pyrrole nitrogens is 1. The van der Waals surface area contributed by atoms with Gasteiger partial charge in [0.15, 0.2) is 5.69 Å². The van der Waals surface area contributed by atoms with Crippen LogP contribution in [0.2, 0.25) is 0 Å². The molecule has 1 fully saturated rings. The molecule has 6 heteroatoms. The Morgan fingerprint density at radius 1 is 1.22 bits per heavy atom. The summed E-state index contributed by atoms with van der Waals surface area (Å²) in [6.45, 7) is 1.63. The number of ether oxygens (including phenoxy) is 1. The normalized spacial score (nSPS) is 23.2. The van der Waals surface area contributed by atoms with E-state index < -0.39 is 0 Å². The lowest BCUT2D eigenvalue weighted by Crippen LogP contribution is -2.46. The molecule has 1 spiro atoms. The van der Waals surface area contributed by atoms with Crippen molar-refractivity contribution in [1.82, 2.24) is 20.8 Å². The molecule has 27 heavy (non-hydrogen) atoms. The van der Waals surface area contributed by atoms with Crippen molar-refractivity contribution >= 4 is 5.91 Å². The first kappa shape index (κ1) is 16.8. The topological polar surface area (TPSA) is 79.0 Å². The average molecular weight is 366 g/mol. The highest BCUT2D eigenvalue weighted by Crippen LogP contribution is 2.46. The maximum atomic E-state index is 13.1. The number of nitrogens with one attached hydrogen (secondary N) is 3. The zero-order chi connectivity index (χ0) is 18.3. The van der Waals surface area contributed by atoms with Crippen molar-refractivity contribution in [2.75, 3.05) is 6.54 Å². The lowest BCUT2D eigenvalue weighted by atomic mass is 9.77. The summed E-state index contributed by atoms with van der Waals surface area (Å²) in [7, 11) is 0. The molecule has 1 aromatic heterocycles. The molecular weight excluding hydrogens is 340 g/mol. The smallest absolute Gasteiger partial charge is 0.272 e. The number of fused-ring (bicyclic) bond motifs is 2. The standard InChI is InChI=1S/C21H26N4O2/c26-20(19-15-8-11-22-13-17(15)24-25-19)23-16-12-21(9-4-1-5-10-21)27-18-7-3-2-6-14(16)18/h2-3,6-7,16,22H,1,4-5,8-13H2,(H,23,26)(H,24,25). The predicted octanol–water partition coefficient (Wildman–Crippen LogP) is 3.01. The van der Waals surface area contributed by atoms with E-state index in [-0.39, 0.29) is 17.6 Å². The third-order valence-corrected chi connectivity index (χ3v) is 6.29. The van der Waals surface area contributed by atoms with E-state index in [9.17, 15) is 4.79 Å². The summed E-state index contributed by atoms with van der Waals surface area (Å²) >= 11 is 0. The molecule has 2 aliphatic heterocycles. The summed E-state index contributed by atoms with van der Waals surface area (Å²) in [4.78, 5) is 13.1. The van der Waals surface area contributed by atoms with E-state index >= 15 is 0 Å². The van der Waals surface area contributed by atoms with Crippen LogP contribution in [0, 0.1) is 0 Å². The second-order valence-corrected chi connectivity index (χ2v) is 8.07. The minimum atomic E-state index is -0.139. The maximum Gasteiger partial charge on any atom is 0.272 e. The number of amides is 1. The number of para-hydroxylation sites is 1. The van der Waals surface area contributed by atoms with Gasteiger partial charge in [0.2, 0.25) is 0 Å². The number of hydrogen-bond acceptors (Lipinski definition) is 4. The van der Waals surface area contributed by atoms with E-state index in [4.69, 9.17) is 4.74 Å². The maximum absolute atomic E-state index is 13.1. The van der Waals surface area contributed by atoms with Gasteiger partial charge in [0.05, 0.1) is 11.7 Å². The molecule has 0 bridgehead atoms. The van der Waals surface area contributed by atoms with Crippen LogP contribution in [0.5, 0.6) is 5.75 Å². The van der Waals surface area contributed by atoms with Gasteiger partial charge < -0.3 is 15.4 Å². The van der Waals surface area contributed by atoms with Gasteiger partial charge in [-0.15, -0.1) is 0 Å². The Morgan fingerprint density at radius 2 is 2.07 bits per heavy atom. The highest BCUT2D eigenvalue weighted by atomic mass is 16.5. The summed E-state index contributed by atoms with van der Waals surface area (Å²) in [5.74, 6) is 0.839. The number of nitrogens with zero attached hydrogens (tertiary/aromatic N) is 1. The molecule has 3 aliphatic rings. The second kappa shape index (κ2) is 6.68. The highest BCUT2D eigenvalue weighted by molar-refractivity contribution is 5.94. The third kappa shape index (κ3) is 3.02. The minimum Gasteiger partial charge on any atom is -0.487 e. The molecule has 6 nitrogen and oxygen atoms in total. The summed E-state index contributed by atoms with van der Waals surface area (Å²) in [6.07, 6.45) is 7.48. The molecule has 1 atom stereocenters. The number of benzene rings is 1. The quantitative estimate of drug-likeness (QED) is 0.763. The van der Waals surface area contributed by atoms with E-state index in [0.29, 0.717) is 5.69 Å². The van der Waals surface area contributed by atoms with Crippen molar-refractivity contribution in [3.63, 3.8) is 0 Å². The van der Waals surface area contributed by atoms with Crippen LogP contribution in [0.25, 0.3) is 0 Å². The van der Waals surface area contributed by atoms with Gasteiger partial charge in [-0.1, -0.05) is 24.6 Å². The van der Waals surface area contributed by atoms with Crippen LogP contribution in [0.4, 0.5) is 0 Å². The fourth-order valence-corrected chi connectivity index (χ4v) is 4.91. The molecule has 0 saturated heterocycles. The molecule has 1 aliphatic carbocycles. The average Bonchev–Trinajstić information content (AvgIpc) is 3.13. The first-order chi connectivity index (χ1) is 13.2. The molecule has 3 heterocycles. The Hall–Kier alpha value is -2.34. The van der Waals surface area contributed by atoms with Gasteiger partial charge in [0, 0.05) is 24.1 Å². The lowest BCUT2D eigenvalue weighted by Gasteiger charge is -2.44. The van der Waals surface area contributed by atoms with E-state index in [1.807, 2.05) is 18.2 Å². The van der Waals surface area contributed by atoms with E-state index in [2.05, 4.69) is 26.9 Å². The zero-order valence-corrected chi connectivity index (χ0v) is 15.5. The Bertz CT molecular complexity index is 854. The minimum absolute atomic E-state index is 0.0328. The molecule has 2 aromatic rings. The monoisotopic (exact) mass is 366 g/mol. The van der Waals surface area contributed by atoms with Crippen LogP contribution in [-0.2, 0) is 13.0 Å². The van der Waals surface area contributed by atoms with Gasteiger partial charge in [-0.3, -0.25) is 9.89 Å².